The molecule has 1 N–H and O–H groups in total. The van der Waals surface area contributed by atoms with Crippen LogP contribution >= 0.6 is 0 Å². The topological polar surface area (TPSA) is 43.0 Å². The maximum absolute atomic E-state index is 5.15. The van der Waals surface area contributed by atoms with Gasteiger partial charge in [0.25, 0.3) is 0 Å². The molecule has 98 valence electrons. The van der Waals surface area contributed by atoms with Gasteiger partial charge in [-0.2, -0.15) is 5.10 Å². The first-order chi connectivity index (χ1) is 8.63. The van der Waals surface area contributed by atoms with Gasteiger partial charge in [-0.15, -0.1) is 0 Å². The monoisotopic (exact) mass is 247 g/mol. The molecule has 1 unspecified atom stereocenters. The Morgan fingerprint density at radius 3 is 2.72 bits per heavy atom. The first-order valence-corrected chi connectivity index (χ1v) is 6.38. The smallest absolute Gasteiger partial charge is 0.0935 e. The number of aryl methyl sites for hydroxylation is 2. The van der Waals surface area contributed by atoms with E-state index in [4.69, 9.17) is 4.42 Å². The van der Waals surface area contributed by atoms with Crippen molar-refractivity contribution in [3.05, 3.63) is 41.1 Å². The molecule has 2 rings (SSSR count). The van der Waals surface area contributed by atoms with E-state index in [0.29, 0.717) is 6.04 Å². The van der Waals surface area contributed by atoms with Crippen molar-refractivity contribution in [1.29, 1.82) is 0 Å². The standard InChI is InChI=1S/C14H21N3O/c1-5-15-13(8-12-6-7-18-9-12)14-10(2)16-17(4)11(14)3/h6-7,9,13,15H,5,8H2,1-4H3. The average Bonchev–Trinajstić information content (AvgIpc) is 2.89. The van der Waals surface area contributed by atoms with Gasteiger partial charge in [0.05, 0.1) is 18.2 Å². The van der Waals surface area contributed by atoms with E-state index in [-0.39, 0.29) is 0 Å². The second kappa shape index (κ2) is 5.40. The van der Waals surface area contributed by atoms with E-state index in [0.717, 1.165) is 18.7 Å². The molecule has 0 saturated heterocycles. The Morgan fingerprint density at radius 2 is 2.22 bits per heavy atom. The molecule has 0 aliphatic carbocycles. The molecule has 2 aromatic heterocycles. The second-order valence-electron chi connectivity index (χ2n) is 4.65. The fraction of sp³-hybridized carbons (Fsp3) is 0.500. The minimum Gasteiger partial charge on any atom is -0.472 e. The van der Waals surface area contributed by atoms with E-state index in [1.165, 1.54) is 16.8 Å². The molecule has 2 aromatic rings. The molecule has 4 heteroatoms. The molecule has 2 heterocycles. The summed E-state index contributed by atoms with van der Waals surface area (Å²) in [6.07, 6.45) is 4.46. The third-order valence-corrected chi connectivity index (χ3v) is 3.38. The normalized spacial score (nSPS) is 12.9. The number of hydrogen-bond donors (Lipinski definition) is 1. The van der Waals surface area contributed by atoms with Crippen molar-refractivity contribution in [2.75, 3.05) is 6.54 Å². The Hall–Kier alpha value is -1.55. The number of furan rings is 1. The minimum absolute atomic E-state index is 0.293. The molecule has 1 atom stereocenters. The van der Waals surface area contributed by atoms with Gasteiger partial charge in [0.15, 0.2) is 0 Å². The summed E-state index contributed by atoms with van der Waals surface area (Å²) in [5, 5.41) is 8.03. The third-order valence-electron chi connectivity index (χ3n) is 3.38. The lowest BCUT2D eigenvalue weighted by molar-refractivity contribution is 0.531. The molecular weight excluding hydrogens is 226 g/mol. The highest BCUT2D eigenvalue weighted by Crippen LogP contribution is 2.24. The zero-order chi connectivity index (χ0) is 13.1. The molecule has 0 amide bonds. The third kappa shape index (κ3) is 2.48. The van der Waals surface area contributed by atoms with Gasteiger partial charge < -0.3 is 9.73 Å². The summed E-state index contributed by atoms with van der Waals surface area (Å²) in [6.45, 7) is 7.26. The quantitative estimate of drug-likeness (QED) is 0.883. The number of rotatable bonds is 5. The molecule has 0 aliphatic heterocycles. The highest BCUT2D eigenvalue weighted by molar-refractivity contribution is 5.29. The van der Waals surface area contributed by atoms with E-state index in [9.17, 15) is 0 Å². The maximum Gasteiger partial charge on any atom is 0.0935 e. The Labute approximate surface area is 108 Å². The van der Waals surface area contributed by atoms with Gasteiger partial charge in [0.2, 0.25) is 0 Å². The zero-order valence-corrected chi connectivity index (χ0v) is 11.5. The van der Waals surface area contributed by atoms with Crippen LogP contribution in [-0.2, 0) is 13.5 Å². The van der Waals surface area contributed by atoms with Crippen molar-refractivity contribution < 1.29 is 4.42 Å². The lowest BCUT2D eigenvalue weighted by Gasteiger charge is -2.18. The Bertz CT molecular complexity index is 499. The van der Waals surface area contributed by atoms with Crippen LogP contribution in [-0.4, -0.2) is 16.3 Å². The van der Waals surface area contributed by atoms with Crippen molar-refractivity contribution in [2.24, 2.45) is 7.05 Å². The fourth-order valence-corrected chi connectivity index (χ4v) is 2.46. The highest BCUT2D eigenvalue weighted by atomic mass is 16.3. The van der Waals surface area contributed by atoms with E-state index in [1.54, 1.807) is 6.26 Å². The number of hydrogen-bond acceptors (Lipinski definition) is 3. The molecule has 0 saturated carbocycles. The maximum atomic E-state index is 5.15. The Balaban J connectivity index is 2.29. The molecule has 0 aromatic carbocycles. The molecule has 0 bridgehead atoms. The molecular formula is C14H21N3O. The first-order valence-electron chi connectivity index (χ1n) is 6.38. The summed E-state index contributed by atoms with van der Waals surface area (Å²) in [5.74, 6) is 0. The van der Waals surface area contributed by atoms with Gasteiger partial charge in [-0.1, -0.05) is 6.92 Å². The average molecular weight is 247 g/mol. The summed E-state index contributed by atoms with van der Waals surface area (Å²) in [5.41, 5.74) is 4.84. The molecule has 18 heavy (non-hydrogen) atoms. The van der Waals surface area contributed by atoms with Crippen LogP contribution in [0.5, 0.6) is 0 Å². The van der Waals surface area contributed by atoms with Gasteiger partial charge in [-0.05, 0) is 38.4 Å². The van der Waals surface area contributed by atoms with Crippen molar-refractivity contribution in [1.82, 2.24) is 15.1 Å². The Kier molecular flexibility index (Phi) is 3.87. The van der Waals surface area contributed by atoms with Gasteiger partial charge in [-0.3, -0.25) is 4.68 Å². The van der Waals surface area contributed by atoms with Crippen molar-refractivity contribution in [3.8, 4) is 0 Å². The van der Waals surface area contributed by atoms with Crippen LogP contribution < -0.4 is 5.32 Å². The number of nitrogens with zero attached hydrogens (tertiary/aromatic N) is 2. The van der Waals surface area contributed by atoms with Crippen molar-refractivity contribution in [3.63, 3.8) is 0 Å². The minimum atomic E-state index is 0.293. The second-order valence-corrected chi connectivity index (χ2v) is 4.65. The Morgan fingerprint density at radius 1 is 1.44 bits per heavy atom. The van der Waals surface area contributed by atoms with Gasteiger partial charge in [0.1, 0.15) is 0 Å². The van der Waals surface area contributed by atoms with Crippen LogP contribution in [0.15, 0.2) is 23.0 Å². The summed E-state index contributed by atoms with van der Waals surface area (Å²) >= 11 is 0. The molecule has 0 fully saturated rings. The number of aromatic nitrogens is 2. The number of nitrogens with one attached hydrogen (secondary N) is 1. The van der Waals surface area contributed by atoms with Crippen molar-refractivity contribution >= 4 is 0 Å². The van der Waals surface area contributed by atoms with Crippen LogP contribution in [0.25, 0.3) is 0 Å². The van der Waals surface area contributed by atoms with Crippen LogP contribution in [0.4, 0.5) is 0 Å². The largest absolute Gasteiger partial charge is 0.472 e. The highest BCUT2D eigenvalue weighted by Gasteiger charge is 2.20. The van der Waals surface area contributed by atoms with Gasteiger partial charge in [0, 0.05) is 24.3 Å². The molecule has 0 aliphatic rings. The van der Waals surface area contributed by atoms with Crippen LogP contribution in [0.2, 0.25) is 0 Å². The predicted octanol–water partition coefficient (Wildman–Crippen LogP) is 2.52. The molecule has 0 spiro atoms. The summed E-state index contributed by atoms with van der Waals surface area (Å²) in [4.78, 5) is 0. The van der Waals surface area contributed by atoms with E-state index < -0.39 is 0 Å². The molecule has 0 radical (unpaired) electrons. The van der Waals surface area contributed by atoms with E-state index in [2.05, 4.69) is 31.2 Å². The van der Waals surface area contributed by atoms with Crippen LogP contribution in [0.1, 0.15) is 35.5 Å². The van der Waals surface area contributed by atoms with Crippen LogP contribution in [0, 0.1) is 13.8 Å². The number of likely N-dealkylation sites (N-methyl/N-ethyl adjacent to an activating group) is 1. The summed E-state index contributed by atoms with van der Waals surface area (Å²) < 4.78 is 7.10. The summed E-state index contributed by atoms with van der Waals surface area (Å²) in [6, 6.07) is 2.31. The first kappa shape index (κ1) is 12.9. The SMILES string of the molecule is CCNC(Cc1ccoc1)c1c(C)nn(C)c1C. The van der Waals surface area contributed by atoms with Gasteiger partial charge >= 0.3 is 0 Å². The van der Waals surface area contributed by atoms with Crippen molar-refractivity contribution in [2.45, 2.75) is 33.2 Å². The van der Waals surface area contributed by atoms with Gasteiger partial charge in [-0.25, -0.2) is 0 Å². The lowest BCUT2D eigenvalue weighted by atomic mass is 9.98. The molecule has 4 nitrogen and oxygen atoms in total. The summed E-state index contributed by atoms with van der Waals surface area (Å²) in [7, 11) is 1.99. The van der Waals surface area contributed by atoms with Crippen LogP contribution in [0.3, 0.4) is 0 Å². The fourth-order valence-electron chi connectivity index (χ4n) is 2.46. The predicted molar refractivity (Wildman–Crippen MR) is 71.5 cm³/mol. The van der Waals surface area contributed by atoms with E-state index in [1.807, 2.05) is 24.1 Å². The van der Waals surface area contributed by atoms with E-state index >= 15 is 0 Å². The zero-order valence-electron chi connectivity index (χ0n) is 11.5. The lowest BCUT2D eigenvalue weighted by Crippen LogP contribution is -2.24.